The molecule has 3 aromatic carbocycles. The summed E-state index contributed by atoms with van der Waals surface area (Å²) >= 11 is 12.5. The first-order chi connectivity index (χ1) is 15.5. The van der Waals surface area contributed by atoms with Crippen LogP contribution in [0.3, 0.4) is 0 Å². The number of anilines is 1. The molecule has 1 fully saturated rings. The highest BCUT2D eigenvalue weighted by molar-refractivity contribution is 6.34. The van der Waals surface area contributed by atoms with Gasteiger partial charge in [0.25, 0.3) is 0 Å². The van der Waals surface area contributed by atoms with Crippen LogP contribution in [0.5, 0.6) is 0 Å². The SMILES string of the molecule is NC(=O)c1ccc(CN(Cc2cc(Cl)cc(Cl)c2)c2ccc(C3CCCCC3)cc2)cc1. The van der Waals surface area contributed by atoms with Gasteiger partial charge in [0.2, 0.25) is 5.91 Å². The van der Waals surface area contributed by atoms with Gasteiger partial charge in [-0.2, -0.15) is 0 Å². The summed E-state index contributed by atoms with van der Waals surface area (Å²) in [4.78, 5) is 13.7. The number of hydrogen-bond acceptors (Lipinski definition) is 2. The van der Waals surface area contributed by atoms with Crippen molar-refractivity contribution >= 4 is 34.8 Å². The second-order valence-corrected chi connectivity index (χ2v) is 9.49. The molecule has 3 nitrogen and oxygen atoms in total. The minimum absolute atomic E-state index is 0.416. The minimum Gasteiger partial charge on any atom is -0.366 e. The molecule has 0 spiro atoms. The lowest BCUT2D eigenvalue weighted by molar-refractivity contribution is 0.100. The second-order valence-electron chi connectivity index (χ2n) is 8.62. The van der Waals surface area contributed by atoms with Crippen LogP contribution < -0.4 is 10.6 Å². The van der Waals surface area contributed by atoms with Crippen LogP contribution in [0.15, 0.2) is 66.7 Å². The smallest absolute Gasteiger partial charge is 0.248 e. The van der Waals surface area contributed by atoms with Crippen LogP contribution in [0.1, 0.15) is 65.1 Å². The van der Waals surface area contributed by atoms with Gasteiger partial charge in [0.05, 0.1) is 0 Å². The van der Waals surface area contributed by atoms with Crippen LogP contribution in [0, 0.1) is 0 Å². The van der Waals surface area contributed by atoms with E-state index in [0.29, 0.717) is 34.6 Å². The van der Waals surface area contributed by atoms with E-state index in [0.717, 1.165) is 16.8 Å². The van der Waals surface area contributed by atoms with E-state index in [2.05, 4.69) is 29.2 Å². The molecule has 5 heteroatoms. The summed E-state index contributed by atoms with van der Waals surface area (Å²) in [5, 5.41) is 1.26. The molecule has 32 heavy (non-hydrogen) atoms. The summed E-state index contributed by atoms with van der Waals surface area (Å²) in [5.74, 6) is 0.264. The van der Waals surface area contributed by atoms with E-state index >= 15 is 0 Å². The topological polar surface area (TPSA) is 46.3 Å². The van der Waals surface area contributed by atoms with Crippen molar-refractivity contribution < 1.29 is 4.79 Å². The molecule has 0 heterocycles. The Bertz CT molecular complexity index is 1040. The highest BCUT2D eigenvalue weighted by atomic mass is 35.5. The third-order valence-electron chi connectivity index (χ3n) is 6.24. The lowest BCUT2D eigenvalue weighted by Crippen LogP contribution is -2.22. The molecule has 1 aliphatic rings. The molecule has 0 radical (unpaired) electrons. The second kappa shape index (κ2) is 10.4. The zero-order chi connectivity index (χ0) is 22.5. The van der Waals surface area contributed by atoms with Gasteiger partial charge < -0.3 is 10.6 Å². The number of carbonyl (C=O) groups excluding carboxylic acids is 1. The molecule has 0 saturated heterocycles. The standard InChI is InChI=1S/C27H28Cl2N2O/c28-24-14-20(15-25(29)16-24)18-31(17-19-6-8-23(9-7-19)27(30)32)26-12-10-22(11-13-26)21-4-2-1-3-5-21/h6-16,21H,1-5,17-18H2,(H2,30,32). The highest BCUT2D eigenvalue weighted by Crippen LogP contribution is 2.34. The molecule has 166 valence electrons. The summed E-state index contributed by atoms with van der Waals surface area (Å²) in [7, 11) is 0. The van der Waals surface area contributed by atoms with Crippen molar-refractivity contribution in [3.05, 3.63) is 99.0 Å². The third-order valence-corrected chi connectivity index (χ3v) is 6.68. The van der Waals surface area contributed by atoms with Crippen molar-refractivity contribution in [2.75, 3.05) is 4.90 Å². The average Bonchev–Trinajstić information content (AvgIpc) is 2.79. The summed E-state index contributed by atoms with van der Waals surface area (Å²) in [6.07, 6.45) is 6.59. The van der Waals surface area contributed by atoms with Crippen LogP contribution in [-0.2, 0) is 13.1 Å². The van der Waals surface area contributed by atoms with Gasteiger partial charge >= 0.3 is 0 Å². The number of amides is 1. The lowest BCUT2D eigenvalue weighted by Gasteiger charge is -2.27. The molecule has 0 aromatic heterocycles. The monoisotopic (exact) mass is 466 g/mol. The fourth-order valence-corrected chi connectivity index (χ4v) is 5.12. The van der Waals surface area contributed by atoms with E-state index in [1.54, 1.807) is 18.2 Å². The first-order valence-electron chi connectivity index (χ1n) is 11.2. The Morgan fingerprint density at radius 1 is 0.812 bits per heavy atom. The maximum atomic E-state index is 11.4. The number of carbonyl (C=O) groups is 1. The Morgan fingerprint density at radius 3 is 2.00 bits per heavy atom. The summed E-state index contributed by atoms with van der Waals surface area (Å²) < 4.78 is 0. The van der Waals surface area contributed by atoms with Crippen LogP contribution >= 0.6 is 23.2 Å². The predicted octanol–water partition coefficient (Wildman–Crippen LogP) is 7.35. The average molecular weight is 467 g/mol. The highest BCUT2D eigenvalue weighted by Gasteiger charge is 2.16. The van der Waals surface area contributed by atoms with Crippen molar-refractivity contribution in [1.82, 2.24) is 0 Å². The van der Waals surface area contributed by atoms with E-state index in [4.69, 9.17) is 28.9 Å². The van der Waals surface area contributed by atoms with E-state index in [9.17, 15) is 4.79 Å². The molecule has 0 atom stereocenters. The molecule has 1 amide bonds. The largest absolute Gasteiger partial charge is 0.366 e. The molecular formula is C27H28Cl2N2O. The Kier molecular flexibility index (Phi) is 7.39. The Hall–Kier alpha value is -2.49. The van der Waals surface area contributed by atoms with Gasteiger partial charge in [-0.25, -0.2) is 0 Å². The molecule has 2 N–H and O–H groups in total. The Balaban J connectivity index is 1.59. The van der Waals surface area contributed by atoms with E-state index in [1.807, 2.05) is 24.3 Å². The molecule has 1 saturated carbocycles. The maximum Gasteiger partial charge on any atom is 0.248 e. The molecule has 3 aromatic rings. The van der Waals surface area contributed by atoms with Gasteiger partial charge in [0.15, 0.2) is 0 Å². The van der Waals surface area contributed by atoms with Gasteiger partial charge in [0, 0.05) is 34.4 Å². The summed E-state index contributed by atoms with van der Waals surface area (Å²) in [6, 6.07) is 22.1. The van der Waals surface area contributed by atoms with Crippen molar-refractivity contribution in [1.29, 1.82) is 0 Å². The molecule has 0 unspecified atom stereocenters. The van der Waals surface area contributed by atoms with Crippen molar-refractivity contribution in [3.8, 4) is 0 Å². The van der Waals surface area contributed by atoms with E-state index in [1.165, 1.54) is 37.7 Å². The fraction of sp³-hybridized carbons (Fsp3) is 0.296. The van der Waals surface area contributed by atoms with Crippen LogP contribution in [-0.4, -0.2) is 5.91 Å². The van der Waals surface area contributed by atoms with Crippen LogP contribution in [0.4, 0.5) is 5.69 Å². The molecule has 4 rings (SSSR count). The lowest BCUT2D eigenvalue weighted by atomic mass is 9.84. The number of hydrogen-bond donors (Lipinski definition) is 1. The first-order valence-corrected chi connectivity index (χ1v) is 11.9. The molecule has 1 aliphatic carbocycles. The number of rotatable bonds is 7. The molecular weight excluding hydrogens is 439 g/mol. The van der Waals surface area contributed by atoms with Gasteiger partial charge in [0.1, 0.15) is 0 Å². The minimum atomic E-state index is -0.416. The third kappa shape index (κ3) is 5.85. The summed E-state index contributed by atoms with van der Waals surface area (Å²) in [6.45, 7) is 1.35. The van der Waals surface area contributed by atoms with Crippen molar-refractivity contribution in [2.45, 2.75) is 51.1 Å². The van der Waals surface area contributed by atoms with Gasteiger partial charge in [-0.3, -0.25) is 4.79 Å². The quantitative estimate of drug-likeness (QED) is 0.395. The van der Waals surface area contributed by atoms with E-state index in [-0.39, 0.29) is 0 Å². The van der Waals surface area contributed by atoms with Gasteiger partial charge in [-0.05, 0) is 77.9 Å². The molecule has 0 bridgehead atoms. The van der Waals surface area contributed by atoms with Crippen LogP contribution in [0.2, 0.25) is 10.0 Å². The number of nitrogens with two attached hydrogens (primary N) is 1. The molecule has 0 aliphatic heterocycles. The number of nitrogens with zero attached hydrogens (tertiary/aromatic N) is 1. The zero-order valence-electron chi connectivity index (χ0n) is 18.1. The maximum absolute atomic E-state index is 11.4. The number of halogens is 2. The summed E-state index contributed by atoms with van der Waals surface area (Å²) in [5.41, 5.74) is 10.6. The number of benzene rings is 3. The van der Waals surface area contributed by atoms with Crippen molar-refractivity contribution in [3.63, 3.8) is 0 Å². The Morgan fingerprint density at radius 2 is 1.41 bits per heavy atom. The van der Waals surface area contributed by atoms with Gasteiger partial charge in [-0.15, -0.1) is 0 Å². The van der Waals surface area contributed by atoms with E-state index < -0.39 is 5.91 Å². The number of primary amides is 1. The van der Waals surface area contributed by atoms with Crippen molar-refractivity contribution in [2.24, 2.45) is 5.73 Å². The fourth-order valence-electron chi connectivity index (χ4n) is 4.55. The Labute approximate surface area is 200 Å². The van der Waals surface area contributed by atoms with Crippen LogP contribution in [0.25, 0.3) is 0 Å². The first kappa shape index (κ1) is 22.7. The zero-order valence-corrected chi connectivity index (χ0v) is 19.6. The predicted molar refractivity (Wildman–Crippen MR) is 134 cm³/mol. The normalized spacial score (nSPS) is 14.3. The van der Waals surface area contributed by atoms with Gasteiger partial charge in [-0.1, -0.05) is 66.7 Å².